The second kappa shape index (κ2) is 3.34. The molecule has 8 heavy (non-hydrogen) atoms. The average Bonchev–Trinajstić information content (AvgIpc) is 1.21. The molecule has 0 saturated heterocycles. The van der Waals surface area contributed by atoms with Gasteiger partial charge in [0, 0.05) is 0 Å². The van der Waals surface area contributed by atoms with Gasteiger partial charge in [0.25, 0.3) is 0 Å². The van der Waals surface area contributed by atoms with Gasteiger partial charge in [-0.3, -0.25) is 0 Å². The molecule has 0 aromatic heterocycles. The van der Waals surface area contributed by atoms with Gasteiger partial charge >= 0.3 is 61.0 Å². The van der Waals surface area contributed by atoms with Crippen LogP contribution in [0.15, 0.2) is 0 Å². The van der Waals surface area contributed by atoms with Crippen LogP contribution in [0.25, 0.3) is 0 Å². The fraction of sp³-hybridized carbons (Fsp3) is 1.00. The van der Waals surface area contributed by atoms with Crippen molar-refractivity contribution in [3.05, 3.63) is 0 Å². The molecule has 0 atom stereocenters. The van der Waals surface area contributed by atoms with Gasteiger partial charge in [-0.05, 0) is 0 Å². The van der Waals surface area contributed by atoms with Crippen molar-refractivity contribution in [2.75, 3.05) is 0 Å². The SMILES string of the molecule is [CH3][Ga]([CH3])[O][Ge]([CH3])([CH3])[CH3]. The van der Waals surface area contributed by atoms with Crippen molar-refractivity contribution in [3.8, 4) is 0 Å². The standard InChI is InChI=1S/C3H9GeO.2CH3.Ga/c1-4(2,3)5;;;/h1-3H3;2*1H3;/q-1;;;+1. The van der Waals surface area contributed by atoms with Crippen molar-refractivity contribution in [2.24, 2.45) is 0 Å². The Morgan fingerprint density at radius 1 is 1.12 bits per heavy atom. The van der Waals surface area contributed by atoms with E-state index < -0.39 is 30.2 Å². The van der Waals surface area contributed by atoms with Gasteiger partial charge in [-0.1, -0.05) is 0 Å². The van der Waals surface area contributed by atoms with E-state index in [0.29, 0.717) is 0 Å². The van der Waals surface area contributed by atoms with Gasteiger partial charge in [0.05, 0.1) is 0 Å². The predicted molar refractivity (Wildman–Crippen MR) is 41.9 cm³/mol. The molecule has 0 aliphatic carbocycles. The summed E-state index contributed by atoms with van der Waals surface area (Å²) in [5.41, 5.74) is 4.56. The van der Waals surface area contributed by atoms with E-state index in [9.17, 15) is 0 Å². The van der Waals surface area contributed by atoms with E-state index in [0.717, 1.165) is 0 Å². The van der Waals surface area contributed by atoms with Crippen molar-refractivity contribution < 1.29 is 2.56 Å². The van der Waals surface area contributed by atoms with E-state index in [4.69, 9.17) is 2.56 Å². The minimum atomic E-state index is -1.57. The van der Waals surface area contributed by atoms with Gasteiger partial charge in [0.1, 0.15) is 0 Å². The molecular formula is C5H15GaGeO. The van der Waals surface area contributed by atoms with Crippen LogP contribution in [-0.2, 0) is 2.56 Å². The van der Waals surface area contributed by atoms with Crippen LogP contribution in [0.2, 0.25) is 28.2 Å². The molecule has 1 nitrogen and oxygen atoms in total. The van der Waals surface area contributed by atoms with E-state index in [-0.39, 0.29) is 0 Å². The van der Waals surface area contributed by atoms with Gasteiger partial charge < -0.3 is 0 Å². The van der Waals surface area contributed by atoms with Crippen LogP contribution in [0.5, 0.6) is 0 Å². The molecule has 48 valence electrons. The predicted octanol–water partition coefficient (Wildman–Crippen LogP) is 2.09. The zero-order valence-corrected chi connectivity index (χ0v) is 11.0. The summed E-state index contributed by atoms with van der Waals surface area (Å²) in [7, 11) is 0. The first kappa shape index (κ1) is 9.14. The Hall–Kier alpha value is 1.14. The van der Waals surface area contributed by atoms with Crippen LogP contribution in [-0.4, -0.2) is 30.2 Å². The van der Waals surface area contributed by atoms with E-state index in [1.165, 1.54) is 0 Å². The average molecular weight is 234 g/mol. The summed E-state index contributed by atoms with van der Waals surface area (Å²) in [5.74, 6) is 6.89. The van der Waals surface area contributed by atoms with Gasteiger partial charge in [-0.2, -0.15) is 0 Å². The van der Waals surface area contributed by atoms with E-state index in [1.807, 2.05) is 0 Å². The second-order valence-corrected chi connectivity index (χ2v) is 19.6. The van der Waals surface area contributed by atoms with E-state index in [2.05, 4.69) is 28.2 Å². The van der Waals surface area contributed by atoms with Gasteiger partial charge in [-0.25, -0.2) is 0 Å². The molecule has 0 unspecified atom stereocenters. The van der Waals surface area contributed by atoms with Crippen molar-refractivity contribution in [2.45, 2.75) is 28.2 Å². The first-order valence-electron chi connectivity index (χ1n) is 3.09. The Labute approximate surface area is 60.9 Å². The summed E-state index contributed by atoms with van der Waals surface area (Å²) in [6, 6.07) is 0. The Bertz CT molecular complexity index is 67.3. The number of hydrogen-bond acceptors (Lipinski definition) is 1. The minimum absolute atomic E-state index is 1.11. The second-order valence-electron chi connectivity index (χ2n) is 3.28. The maximum atomic E-state index is 5.81. The fourth-order valence-electron chi connectivity index (χ4n) is 0.707. The Kier molecular flexibility index (Phi) is 3.82. The van der Waals surface area contributed by atoms with Gasteiger partial charge in [0.15, 0.2) is 0 Å². The molecule has 0 heterocycles. The normalized spacial score (nSPS) is 11.6. The first-order valence-corrected chi connectivity index (χ1v) is 16.1. The summed E-state index contributed by atoms with van der Waals surface area (Å²) < 4.78 is 5.81. The van der Waals surface area contributed by atoms with Crippen LogP contribution in [0, 0.1) is 0 Å². The van der Waals surface area contributed by atoms with Crippen molar-refractivity contribution in [1.29, 1.82) is 0 Å². The zero-order valence-electron chi connectivity index (χ0n) is 6.49. The molecule has 0 aliphatic heterocycles. The molecule has 0 amide bonds. The molecule has 0 aliphatic rings. The Balaban J connectivity index is 3.39. The van der Waals surface area contributed by atoms with E-state index in [1.54, 1.807) is 0 Å². The first-order chi connectivity index (χ1) is 3.42. The molecule has 0 N–H and O–H groups in total. The van der Waals surface area contributed by atoms with E-state index >= 15 is 0 Å². The number of rotatable bonds is 2. The van der Waals surface area contributed by atoms with Crippen molar-refractivity contribution >= 4 is 30.2 Å². The third-order valence-corrected chi connectivity index (χ3v) is 15.9. The molecule has 0 spiro atoms. The van der Waals surface area contributed by atoms with Crippen LogP contribution >= 0.6 is 0 Å². The summed E-state index contributed by atoms with van der Waals surface area (Å²) in [6.45, 7) is 0. The molecule has 0 aromatic carbocycles. The Morgan fingerprint density at radius 3 is 1.50 bits per heavy atom. The Morgan fingerprint density at radius 2 is 1.50 bits per heavy atom. The van der Waals surface area contributed by atoms with Crippen LogP contribution < -0.4 is 0 Å². The molecule has 0 aromatic rings. The van der Waals surface area contributed by atoms with Crippen molar-refractivity contribution in [3.63, 3.8) is 0 Å². The molecule has 0 bridgehead atoms. The molecular weight excluding hydrogens is 218 g/mol. The monoisotopic (exact) mass is 234 g/mol. The fourth-order valence-corrected chi connectivity index (χ4v) is 19.1. The zero-order chi connectivity index (χ0) is 6.78. The van der Waals surface area contributed by atoms with Crippen LogP contribution in [0.3, 0.4) is 0 Å². The quantitative estimate of drug-likeness (QED) is 0.664. The van der Waals surface area contributed by atoms with Crippen molar-refractivity contribution in [1.82, 2.24) is 0 Å². The topological polar surface area (TPSA) is 9.23 Å². The summed E-state index contributed by atoms with van der Waals surface area (Å²) in [4.78, 5) is 0. The van der Waals surface area contributed by atoms with Gasteiger partial charge in [0.2, 0.25) is 0 Å². The summed E-state index contributed by atoms with van der Waals surface area (Å²) in [6.07, 6.45) is 0. The molecule has 0 rings (SSSR count). The molecule has 0 radical (unpaired) electrons. The summed E-state index contributed by atoms with van der Waals surface area (Å²) in [5, 5.41) is 0. The summed E-state index contributed by atoms with van der Waals surface area (Å²) >= 11 is -2.68. The molecule has 3 heteroatoms. The molecule has 0 fully saturated rings. The van der Waals surface area contributed by atoms with Crippen LogP contribution in [0.4, 0.5) is 0 Å². The third kappa shape index (κ3) is 7.14. The van der Waals surface area contributed by atoms with Crippen LogP contribution in [0.1, 0.15) is 0 Å². The molecule has 0 saturated carbocycles. The third-order valence-electron chi connectivity index (χ3n) is 0.589. The van der Waals surface area contributed by atoms with Gasteiger partial charge in [-0.15, -0.1) is 0 Å². The number of hydrogen-bond donors (Lipinski definition) is 0. The maximum absolute atomic E-state index is 5.81.